The normalized spacial score (nSPS) is 21.8. The number of aromatic nitrogens is 1. The second-order valence-electron chi connectivity index (χ2n) is 6.48. The number of nitrogens with one attached hydrogen (secondary N) is 1. The molecule has 2 aliphatic rings. The van der Waals surface area contributed by atoms with Crippen LogP contribution in [0, 0.1) is 6.92 Å². The first kappa shape index (κ1) is 17.2. The van der Waals surface area contributed by atoms with Crippen molar-refractivity contribution in [3.8, 4) is 11.5 Å². The number of rotatable bonds is 3. The van der Waals surface area contributed by atoms with Crippen LogP contribution in [0.1, 0.15) is 35.6 Å². The minimum absolute atomic E-state index is 0.101. The van der Waals surface area contributed by atoms with E-state index in [0.717, 1.165) is 36.1 Å². The van der Waals surface area contributed by atoms with Gasteiger partial charge in [-0.05, 0) is 55.5 Å². The number of aryl methyl sites for hydroxylation is 2. The van der Waals surface area contributed by atoms with Crippen molar-refractivity contribution in [3.63, 3.8) is 0 Å². The SMILES string of the molecule is Cc1ccc(Oc2cnc3c(c2)CCCC3C2=CC(=O)NS2=O)c(Cl)c1. The lowest BCUT2D eigenvalue weighted by Crippen LogP contribution is -2.20. The van der Waals surface area contributed by atoms with Gasteiger partial charge in [0.1, 0.15) is 22.5 Å². The van der Waals surface area contributed by atoms with Crippen molar-refractivity contribution in [2.45, 2.75) is 32.1 Å². The van der Waals surface area contributed by atoms with Crippen molar-refractivity contribution in [2.24, 2.45) is 0 Å². The summed E-state index contributed by atoms with van der Waals surface area (Å²) in [6.07, 6.45) is 5.74. The van der Waals surface area contributed by atoms with Crippen molar-refractivity contribution < 1.29 is 13.7 Å². The van der Waals surface area contributed by atoms with E-state index in [4.69, 9.17) is 16.3 Å². The van der Waals surface area contributed by atoms with E-state index in [1.807, 2.05) is 31.2 Å². The first-order valence-corrected chi connectivity index (χ1v) is 9.91. The number of hydrogen-bond acceptors (Lipinski definition) is 4. The molecule has 1 aliphatic heterocycles. The molecule has 0 fully saturated rings. The standard InChI is InChI=1S/C19H17ClN2O3S/c1-11-5-6-16(15(20)7-11)25-13-8-12-3-2-4-14(19(12)21-10-13)17-9-18(23)22-26(17)24/h5-10,14H,2-4H2,1H3,(H,22,23). The molecule has 1 aliphatic carbocycles. The quantitative estimate of drug-likeness (QED) is 0.864. The topological polar surface area (TPSA) is 68.3 Å². The highest BCUT2D eigenvalue weighted by Gasteiger charge is 2.32. The third-order valence-corrected chi connectivity index (χ3v) is 6.10. The molecule has 2 unspecified atom stereocenters. The molecule has 7 heteroatoms. The molecule has 0 radical (unpaired) electrons. The Balaban J connectivity index is 1.63. The van der Waals surface area contributed by atoms with Crippen molar-refractivity contribution in [1.82, 2.24) is 9.71 Å². The molecule has 1 amide bonds. The zero-order valence-electron chi connectivity index (χ0n) is 14.1. The number of hydrogen-bond donors (Lipinski definition) is 1. The Bertz CT molecular complexity index is 958. The summed E-state index contributed by atoms with van der Waals surface area (Å²) >= 11 is 6.24. The number of carbonyl (C=O) groups excluding carboxylic acids is 1. The number of ether oxygens (including phenoxy) is 1. The highest BCUT2D eigenvalue weighted by atomic mass is 35.5. The molecule has 0 bridgehead atoms. The van der Waals surface area contributed by atoms with E-state index >= 15 is 0 Å². The summed E-state index contributed by atoms with van der Waals surface area (Å²) in [4.78, 5) is 16.7. The molecule has 0 saturated carbocycles. The number of fused-ring (bicyclic) bond motifs is 1. The van der Waals surface area contributed by atoms with Crippen LogP contribution in [0.3, 0.4) is 0 Å². The van der Waals surface area contributed by atoms with Crippen LogP contribution in [-0.4, -0.2) is 15.1 Å². The maximum absolute atomic E-state index is 12.1. The van der Waals surface area contributed by atoms with E-state index in [9.17, 15) is 9.00 Å². The van der Waals surface area contributed by atoms with Crippen LogP contribution >= 0.6 is 11.6 Å². The van der Waals surface area contributed by atoms with Crippen molar-refractivity contribution in [1.29, 1.82) is 0 Å². The van der Waals surface area contributed by atoms with Gasteiger partial charge in [-0.25, -0.2) is 4.21 Å². The van der Waals surface area contributed by atoms with Gasteiger partial charge in [0.2, 0.25) is 0 Å². The fourth-order valence-corrected chi connectivity index (χ4v) is 4.72. The zero-order chi connectivity index (χ0) is 18.3. The number of amides is 1. The monoisotopic (exact) mass is 388 g/mol. The van der Waals surface area contributed by atoms with Gasteiger partial charge in [0.15, 0.2) is 0 Å². The minimum atomic E-state index is -1.46. The molecule has 2 heterocycles. The van der Waals surface area contributed by atoms with Crippen LogP contribution in [0.15, 0.2) is 41.4 Å². The van der Waals surface area contributed by atoms with E-state index in [2.05, 4.69) is 9.71 Å². The molecular weight excluding hydrogens is 372 g/mol. The molecular formula is C19H17ClN2O3S. The van der Waals surface area contributed by atoms with Crippen molar-refractivity contribution in [2.75, 3.05) is 0 Å². The molecule has 4 rings (SSSR count). The van der Waals surface area contributed by atoms with E-state index in [0.29, 0.717) is 21.4 Å². The number of allylic oxidation sites excluding steroid dienone is 1. The Morgan fingerprint density at radius 3 is 2.92 bits per heavy atom. The largest absolute Gasteiger partial charge is 0.454 e. The number of carbonyl (C=O) groups is 1. The number of nitrogens with zero attached hydrogens (tertiary/aromatic N) is 1. The van der Waals surface area contributed by atoms with Gasteiger partial charge in [0.25, 0.3) is 5.91 Å². The Kier molecular flexibility index (Phi) is 4.54. The van der Waals surface area contributed by atoms with Gasteiger partial charge in [0.05, 0.1) is 21.8 Å². The summed E-state index contributed by atoms with van der Waals surface area (Å²) in [5.41, 5.74) is 2.99. The summed E-state index contributed by atoms with van der Waals surface area (Å²) in [6, 6.07) is 7.58. The number of halogens is 1. The van der Waals surface area contributed by atoms with Crippen molar-refractivity contribution in [3.05, 3.63) is 63.3 Å². The lowest BCUT2D eigenvalue weighted by atomic mass is 9.86. The maximum atomic E-state index is 12.1. The van der Waals surface area contributed by atoms with Gasteiger partial charge in [-0.2, -0.15) is 0 Å². The van der Waals surface area contributed by atoms with Crippen LogP contribution in [-0.2, 0) is 22.2 Å². The second kappa shape index (κ2) is 6.85. The molecule has 0 saturated heterocycles. The molecule has 1 aromatic heterocycles. The predicted octanol–water partition coefficient (Wildman–Crippen LogP) is 3.93. The minimum Gasteiger partial charge on any atom is -0.454 e. The molecule has 26 heavy (non-hydrogen) atoms. The first-order chi connectivity index (χ1) is 12.5. The molecule has 0 spiro atoms. The van der Waals surface area contributed by atoms with Gasteiger partial charge >= 0.3 is 0 Å². The molecule has 2 atom stereocenters. The third kappa shape index (κ3) is 3.27. The number of benzene rings is 1. The average Bonchev–Trinajstić information content (AvgIpc) is 2.95. The summed E-state index contributed by atoms with van der Waals surface area (Å²) in [7, 11) is -1.46. The van der Waals surface area contributed by atoms with E-state index in [1.165, 1.54) is 6.08 Å². The smallest absolute Gasteiger partial charge is 0.256 e. The van der Waals surface area contributed by atoms with Crippen LogP contribution in [0.25, 0.3) is 0 Å². The fraction of sp³-hybridized carbons (Fsp3) is 0.263. The summed E-state index contributed by atoms with van der Waals surface area (Å²) in [6.45, 7) is 1.97. The van der Waals surface area contributed by atoms with Gasteiger partial charge < -0.3 is 4.74 Å². The average molecular weight is 389 g/mol. The highest BCUT2D eigenvalue weighted by Crippen LogP contribution is 2.39. The van der Waals surface area contributed by atoms with Crippen LogP contribution in [0.2, 0.25) is 5.02 Å². The Hall–Kier alpha value is -2.18. The third-order valence-electron chi connectivity index (χ3n) is 4.58. The molecule has 1 N–H and O–H groups in total. The van der Waals surface area contributed by atoms with E-state index < -0.39 is 11.0 Å². The van der Waals surface area contributed by atoms with Crippen molar-refractivity contribution >= 4 is 28.5 Å². The first-order valence-electron chi connectivity index (χ1n) is 8.38. The van der Waals surface area contributed by atoms with Crippen LogP contribution in [0.4, 0.5) is 0 Å². The van der Waals surface area contributed by atoms with Gasteiger partial charge in [-0.15, -0.1) is 0 Å². The molecule has 134 valence electrons. The second-order valence-corrected chi connectivity index (χ2v) is 8.10. The van der Waals surface area contributed by atoms with E-state index in [-0.39, 0.29) is 11.8 Å². The van der Waals surface area contributed by atoms with Gasteiger partial charge in [0, 0.05) is 12.0 Å². The Labute approximate surface area is 159 Å². The van der Waals surface area contributed by atoms with E-state index in [1.54, 1.807) is 6.20 Å². The highest BCUT2D eigenvalue weighted by molar-refractivity contribution is 7.88. The Morgan fingerprint density at radius 2 is 2.19 bits per heavy atom. The fourth-order valence-electron chi connectivity index (χ4n) is 3.39. The predicted molar refractivity (Wildman–Crippen MR) is 101 cm³/mol. The molecule has 5 nitrogen and oxygen atoms in total. The summed E-state index contributed by atoms with van der Waals surface area (Å²) in [5.74, 6) is 0.793. The lowest BCUT2D eigenvalue weighted by Gasteiger charge is -2.25. The lowest BCUT2D eigenvalue weighted by molar-refractivity contribution is -0.114. The maximum Gasteiger partial charge on any atom is 0.256 e. The number of pyridine rings is 1. The summed E-state index contributed by atoms with van der Waals surface area (Å²) < 4.78 is 20.4. The van der Waals surface area contributed by atoms with Gasteiger partial charge in [-0.3, -0.25) is 14.5 Å². The summed E-state index contributed by atoms with van der Waals surface area (Å²) in [5, 5.41) is 0.552. The molecule has 2 aromatic rings. The molecule has 1 aromatic carbocycles. The van der Waals surface area contributed by atoms with Gasteiger partial charge in [-0.1, -0.05) is 17.7 Å². The van der Waals surface area contributed by atoms with Crippen LogP contribution in [0.5, 0.6) is 11.5 Å². The zero-order valence-corrected chi connectivity index (χ0v) is 15.7. The Morgan fingerprint density at radius 1 is 1.35 bits per heavy atom. The van der Waals surface area contributed by atoms with Crippen LogP contribution < -0.4 is 9.46 Å².